The highest BCUT2D eigenvalue weighted by molar-refractivity contribution is 6.46. The number of rotatable bonds is 5. The third kappa shape index (κ3) is 3.95. The SMILES string of the molecule is O=C1C(=O)N(Cc2ccccn2)C(c2ccc(Cl)cc2)/C1=C(/O)c1cccc([N+](=O)[O-])c1. The number of ketones is 1. The summed E-state index contributed by atoms with van der Waals surface area (Å²) in [5, 5.41) is 22.6. The Kier molecular flexibility index (Phi) is 5.70. The number of Topliss-reactive ketones (excluding diaryl/α,β-unsaturated/α-hetero) is 1. The first-order valence-electron chi connectivity index (χ1n) is 9.55. The van der Waals surface area contributed by atoms with Gasteiger partial charge in [-0.15, -0.1) is 0 Å². The fourth-order valence-electron chi connectivity index (χ4n) is 3.62. The van der Waals surface area contributed by atoms with E-state index in [9.17, 15) is 24.8 Å². The Hall–Kier alpha value is -4.04. The summed E-state index contributed by atoms with van der Waals surface area (Å²) in [5.41, 5.74) is 0.766. The van der Waals surface area contributed by atoms with Gasteiger partial charge in [-0.25, -0.2) is 0 Å². The van der Waals surface area contributed by atoms with Crippen LogP contribution in [0.5, 0.6) is 0 Å². The molecular weight excluding hydrogens is 434 g/mol. The zero-order chi connectivity index (χ0) is 22.8. The van der Waals surface area contributed by atoms with Gasteiger partial charge < -0.3 is 10.0 Å². The number of pyridine rings is 1. The molecule has 9 heteroatoms. The summed E-state index contributed by atoms with van der Waals surface area (Å²) in [7, 11) is 0. The maximum absolute atomic E-state index is 13.0. The Balaban J connectivity index is 1.87. The Morgan fingerprint density at radius 2 is 1.84 bits per heavy atom. The summed E-state index contributed by atoms with van der Waals surface area (Å²) in [6, 6.07) is 16.1. The van der Waals surface area contributed by atoms with Gasteiger partial charge in [-0.2, -0.15) is 0 Å². The third-order valence-electron chi connectivity index (χ3n) is 5.11. The van der Waals surface area contributed by atoms with Crippen molar-refractivity contribution in [3.8, 4) is 0 Å². The second-order valence-corrected chi connectivity index (χ2v) is 7.54. The predicted molar refractivity (Wildman–Crippen MR) is 117 cm³/mol. The van der Waals surface area contributed by atoms with Crippen LogP contribution in [-0.4, -0.2) is 31.6 Å². The lowest BCUT2D eigenvalue weighted by molar-refractivity contribution is -0.384. The lowest BCUT2D eigenvalue weighted by Gasteiger charge is -2.25. The van der Waals surface area contributed by atoms with Crippen LogP contribution in [0.1, 0.15) is 22.9 Å². The molecule has 3 aromatic rings. The van der Waals surface area contributed by atoms with Crippen molar-refractivity contribution in [2.24, 2.45) is 0 Å². The molecular formula is C23H16ClN3O5. The number of nitrogens with zero attached hydrogens (tertiary/aromatic N) is 3. The second kappa shape index (κ2) is 8.60. The Labute approximate surface area is 187 Å². The molecule has 1 saturated heterocycles. The third-order valence-corrected chi connectivity index (χ3v) is 5.37. The number of carbonyl (C=O) groups excluding carboxylic acids is 2. The van der Waals surface area contributed by atoms with Crippen molar-refractivity contribution in [3.63, 3.8) is 0 Å². The number of halogens is 1. The average Bonchev–Trinajstić information content (AvgIpc) is 3.05. The number of carbonyl (C=O) groups is 2. The highest BCUT2D eigenvalue weighted by Gasteiger charge is 2.46. The maximum atomic E-state index is 13.0. The number of benzene rings is 2. The molecule has 2 aromatic carbocycles. The van der Waals surface area contributed by atoms with E-state index in [0.717, 1.165) is 6.07 Å². The number of non-ortho nitro benzene ring substituents is 1. The number of hydrogen-bond acceptors (Lipinski definition) is 6. The number of aliphatic hydroxyl groups excluding tert-OH is 1. The van der Waals surface area contributed by atoms with Crippen molar-refractivity contribution in [1.29, 1.82) is 0 Å². The van der Waals surface area contributed by atoms with Crippen molar-refractivity contribution in [3.05, 3.63) is 110 Å². The fraction of sp³-hybridized carbons (Fsp3) is 0.0870. The Morgan fingerprint density at radius 3 is 2.50 bits per heavy atom. The van der Waals surface area contributed by atoms with Crippen LogP contribution in [0.3, 0.4) is 0 Å². The summed E-state index contributed by atoms with van der Waals surface area (Å²) < 4.78 is 0. The standard InChI is InChI=1S/C23H16ClN3O5/c24-16-9-7-14(8-10-16)20-19(21(28)15-4-3-6-18(12-15)27(31)32)22(29)23(30)26(20)13-17-5-1-2-11-25-17/h1-12,20,28H,13H2/b21-19-. The minimum atomic E-state index is -0.923. The molecule has 0 saturated carbocycles. The minimum absolute atomic E-state index is 0.0322. The zero-order valence-electron chi connectivity index (χ0n) is 16.5. The summed E-state index contributed by atoms with van der Waals surface area (Å²) >= 11 is 6.00. The lowest BCUT2D eigenvalue weighted by atomic mass is 9.95. The topological polar surface area (TPSA) is 114 Å². The molecule has 8 nitrogen and oxygen atoms in total. The molecule has 1 aromatic heterocycles. The Bertz CT molecular complexity index is 1240. The molecule has 1 aliphatic rings. The quantitative estimate of drug-likeness (QED) is 0.204. The zero-order valence-corrected chi connectivity index (χ0v) is 17.3. The van der Waals surface area contributed by atoms with Crippen LogP contribution in [-0.2, 0) is 16.1 Å². The van der Waals surface area contributed by atoms with E-state index in [0.29, 0.717) is 16.3 Å². The molecule has 4 rings (SSSR count). The molecule has 0 spiro atoms. The number of nitro benzene ring substituents is 1. The van der Waals surface area contributed by atoms with Gasteiger partial charge in [0.1, 0.15) is 5.76 Å². The highest BCUT2D eigenvalue weighted by Crippen LogP contribution is 2.40. The van der Waals surface area contributed by atoms with E-state index in [4.69, 9.17) is 11.6 Å². The summed E-state index contributed by atoms with van der Waals surface area (Å²) in [5.74, 6) is -2.18. The van der Waals surface area contributed by atoms with E-state index < -0.39 is 28.4 Å². The van der Waals surface area contributed by atoms with Gasteiger partial charge in [0.25, 0.3) is 17.4 Å². The van der Waals surface area contributed by atoms with Crippen LogP contribution in [0.15, 0.2) is 78.5 Å². The van der Waals surface area contributed by atoms with Crippen LogP contribution >= 0.6 is 11.6 Å². The first kappa shape index (κ1) is 21.2. The van der Waals surface area contributed by atoms with Crippen LogP contribution in [0.2, 0.25) is 5.02 Å². The monoisotopic (exact) mass is 449 g/mol. The largest absolute Gasteiger partial charge is 0.507 e. The number of nitro groups is 1. The molecule has 1 N–H and O–H groups in total. The summed E-state index contributed by atoms with van der Waals surface area (Å²) in [6.07, 6.45) is 1.58. The van der Waals surface area contributed by atoms with Gasteiger partial charge in [0, 0.05) is 28.9 Å². The van der Waals surface area contributed by atoms with Crippen molar-refractivity contribution < 1.29 is 19.6 Å². The highest BCUT2D eigenvalue weighted by atomic mass is 35.5. The van der Waals surface area contributed by atoms with Gasteiger partial charge in [-0.3, -0.25) is 24.7 Å². The van der Waals surface area contributed by atoms with E-state index in [1.807, 2.05) is 0 Å². The maximum Gasteiger partial charge on any atom is 0.296 e. The fourth-order valence-corrected chi connectivity index (χ4v) is 3.75. The van der Waals surface area contributed by atoms with Gasteiger partial charge >= 0.3 is 0 Å². The molecule has 0 radical (unpaired) electrons. The van der Waals surface area contributed by atoms with Crippen LogP contribution in [0.25, 0.3) is 5.76 Å². The Morgan fingerprint density at radius 1 is 1.09 bits per heavy atom. The molecule has 0 bridgehead atoms. The van der Waals surface area contributed by atoms with E-state index in [2.05, 4.69) is 4.98 Å². The number of hydrogen-bond donors (Lipinski definition) is 1. The first-order chi connectivity index (χ1) is 15.4. The normalized spacial score (nSPS) is 17.5. The number of aliphatic hydroxyl groups is 1. The second-order valence-electron chi connectivity index (χ2n) is 7.11. The van der Waals surface area contributed by atoms with Gasteiger partial charge in [-0.05, 0) is 29.8 Å². The molecule has 1 aliphatic heterocycles. The average molecular weight is 450 g/mol. The van der Waals surface area contributed by atoms with Gasteiger partial charge in [0.15, 0.2) is 0 Å². The molecule has 1 amide bonds. The van der Waals surface area contributed by atoms with Gasteiger partial charge in [0.2, 0.25) is 0 Å². The van der Waals surface area contributed by atoms with E-state index in [-0.39, 0.29) is 23.4 Å². The summed E-state index contributed by atoms with van der Waals surface area (Å²) in [6.45, 7) is 0.0322. The van der Waals surface area contributed by atoms with Crippen LogP contribution in [0, 0.1) is 10.1 Å². The van der Waals surface area contributed by atoms with E-state index in [1.54, 1.807) is 48.7 Å². The lowest BCUT2D eigenvalue weighted by Crippen LogP contribution is -2.29. The summed E-state index contributed by atoms with van der Waals surface area (Å²) in [4.78, 5) is 42.0. The molecule has 1 unspecified atom stereocenters. The van der Waals surface area contributed by atoms with E-state index >= 15 is 0 Å². The predicted octanol–water partition coefficient (Wildman–Crippen LogP) is 4.27. The molecule has 1 atom stereocenters. The van der Waals surface area contributed by atoms with Crippen LogP contribution < -0.4 is 0 Å². The molecule has 0 aliphatic carbocycles. The molecule has 32 heavy (non-hydrogen) atoms. The van der Waals surface area contributed by atoms with Gasteiger partial charge in [0.05, 0.1) is 28.8 Å². The first-order valence-corrected chi connectivity index (χ1v) is 9.93. The van der Waals surface area contributed by atoms with Crippen LogP contribution in [0.4, 0.5) is 5.69 Å². The van der Waals surface area contributed by atoms with Gasteiger partial charge in [-0.1, -0.05) is 41.9 Å². The number of likely N-dealkylation sites (tertiary alicyclic amines) is 1. The number of aromatic nitrogens is 1. The molecule has 160 valence electrons. The van der Waals surface area contributed by atoms with Crippen molar-refractivity contribution >= 4 is 34.7 Å². The van der Waals surface area contributed by atoms with Crippen molar-refractivity contribution in [1.82, 2.24) is 9.88 Å². The smallest absolute Gasteiger partial charge is 0.296 e. The van der Waals surface area contributed by atoms with Crippen molar-refractivity contribution in [2.45, 2.75) is 12.6 Å². The van der Waals surface area contributed by atoms with Crippen molar-refractivity contribution in [2.75, 3.05) is 0 Å². The van der Waals surface area contributed by atoms with E-state index in [1.165, 1.54) is 23.1 Å². The molecule has 1 fully saturated rings. The number of amides is 1. The minimum Gasteiger partial charge on any atom is -0.507 e. The molecule has 2 heterocycles.